The molecule has 0 fully saturated rings. The average Bonchev–Trinajstić information content (AvgIpc) is 3.57. The maximum Gasteiger partial charge on any atom is 0.306 e. The van der Waals surface area contributed by atoms with E-state index in [2.05, 4.69) is 10.3 Å². The van der Waals surface area contributed by atoms with Gasteiger partial charge in [0.1, 0.15) is 22.3 Å². The molecular formula is C31H33FN4O5S. The zero-order valence-electron chi connectivity index (χ0n) is 23.8. The fourth-order valence-electron chi connectivity index (χ4n) is 6.19. The van der Waals surface area contributed by atoms with Crippen molar-refractivity contribution in [1.82, 2.24) is 19.3 Å². The van der Waals surface area contributed by atoms with E-state index in [1.54, 1.807) is 50.4 Å². The first-order valence-corrected chi connectivity index (χ1v) is 15.6. The molecular weight excluding hydrogens is 559 g/mol. The van der Waals surface area contributed by atoms with Gasteiger partial charge in [0.05, 0.1) is 25.1 Å². The van der Waals surface area contributed by atoms with E-state index in [1.807, 2.05) is 19.1 Å². The maximum atomic E-state index is 16.0. The molecule has 2 atom stereocenters. The van der Waals surface area contributed by atoms with Gasteiger partial charge >= 0.3 is 5.97 Å². The quantitative estimate of drug-likeness (QED) is 0.288. The largest absolute Gasteiger partial charge is 0.488 e. The highest BCUT2D eigenvalue weighted by Crippen LogP contribution is 2.38. The number of halogens is 1. The molecule has 0 spiro atoms. The maximum absolute atomic E-state index is 16.0. The Morgan fingerprint density at radius 2 is 2.00 bits per heavy atom. The molecule has 9 nitrogen and oxygen atoms in total. The minimum atomic E-state index is -3.85. The summed E-state index contributed by atoms with van der Waals surface area (Å²) in [4.78, 5) is 13.0. The van der Waals surface area contributed by atoms with Crippen molar-refractivity contribution in [2.45, 2.75) is 63.0 Å². The zero-order valence-corrected chi connectivity index (χ0v) is 24.7. The molecule has 1 aliphatic heterocycles. The number of nitrogens with zero attached hydrogens (tertiary/aromatic N) is 4. The predicted molar refractivity (Wildman–Crippen MR) is 154 cm³/mol. The standard InChI is InChI=1S/C31H33FN4O5S/c1-4-40-29(37)16-25(24-12-13-26-31(30(24)32)33-34-35(26)3)21-14-20-8-7-9-23(20)22(15-21)18-36-17-19(2)41-27-10-5-6-11-28(27)42(36,38)39/h5-6,10-15,19,25H,4,7-9,16-18H2,1-3H3/t19-,25?/m1/s1. The fourth-order valence-corrected chi connectivity index (χ4v) is 7.81. The molecule has 2 aliphatic rings. The van der Waals surface area contributed by atoms with Gasteiger partial charge in [-0.25, -0.2) is 17.5 Å². The number of carbonyl (C=O) groups is 1. The van der Waals surface area contributed by atoms with Crippen molar-refractivity contribution in [3.63, 3.8) is 0 Å². The van der Waals surface area contributed by atoms with Crippen LogP contribution in [-0.4, -0.2) is 52.9 Å². The Morgan fingerprint density at radius 3 is 2.81 bits per heavy atom. The summed E-state index contributed by atoms with van der Waals surface area (Å²) in [7, 11) is -2.16. The molecule has 6 rings (SSSR count). The highest BCUT2D eigenvalue weighted by molar-refractivity contribution is 7.89. The van der Waals surface area contributed by atoms with E-state index in [0.717, 1.165) is 41.5 Å². The molecule has 0 saturated carbocycles. The number of esters is 1. The summed E-state index contributed by atoms with van der Waals surface area (Å²) in [5.41, 5.74) is 4.78. The Bertz CT molecular complexity index is 1790. The molecule has 0 bridgehead atoms. The van der Waals surface area contributed by atoms with Crippen LogP contribution in [0.5, 0.6) is 5.75 Å². The van der Waals surface area contributed by atoms with Gasteiger partial charge in [-0.15, -0.1) is 5.10 Å². The molecule has 11 heteroatoms. The summed E-state index contributed by atoms with van der Waals surface area (Å²) in [5.74, 6) is -1.30. The van der Waals surface area contributed by atoms with E-state index in [-0.39, 0.29) is 42.6 Å². The van der Waals surface area contributed by atoms with Crippen LogP contribution < -0.4 is 4.74 Å². The van der Waals surface area contributed by atoms with Crippen molar-refractivity contribution in [3.05, 3.63) is 82.2 Å². The molecule has 1 aromatic heterocycles. The molecule has 1 aliphatic carbocycles. The Balaban J connectivity index is 1.45. The number of carbonyl (C=O) groups excluding carboxylic acids is 1. The number of sulfonamides is 1. The van der Waals surface area contributed by atoms with Crippen LogP contribution >= 0.6 is 0 Å². The average molecular weight is 593 g/mol. The third-order valence-electron chi connectivity index (χ3n) is 8.14. The third kappa shape index (κ3) is 5.05. The molecule has 42 heavy (non-hydrogen) atoms. The summed E-state index contributed by atoms with van der Waals surface area (Å²) in [6.07, 6.45) is 2.15. The number of rotatable bonds is 7. The Morgan fingerprint density at radius 1 is 1.19 bits per heavy atom. The number of hydrogen-bond acceptors (Lipinski definition) is 7. The Labute approximate surface area is 244 Å². The van der Waals surface area contributed by atoms with E-state index in [4.69, 9.17) is 9.47 Å². The first-order valence-electron chi connectivity index (χ1n) is 14.2. The van der Waals surface area contributed by atoms with Crippen molar-refractivity contribution in [2.24, 2.45) is 7.05 Å². The van der Waals surface area contributed by atoms with Crippen LogP contribution in [0.1, 0.15) is 60.4 Å². The number of aryl methyl sites for hydroxylation is 2. The van der Waals surface area contributed by atoms with Crippen molar-refractivity contribution < 1.29 is 27.1 Å². The normalized spacial score (nSPS) is 18.6. The molecule has 0 amide bonds. The Hall–Kier alpha value is -3.83. The lowest BCUT2D eigenvalue weighted by molar-refractivity contribution is -0.143. The minimum absolute atomic E-state index is 0.0744. The smallest absolute Gasteiger partial charge is 0.306 e. The van der Waals surface area contributed by atoms with E-state index in [0.29, 0.717) is 16.8 Å². The molecule has 2 heterocycles. The molecule has 0 N–H and O–H groups in total. The first-order chi connectivity index (χ1) is 20.2. The van der Waals surface area contributed by atoms with Crippen LogP contribution in [0.25, 0.3) is 11.0 Å². The topological polar surface area (TPSA) is 104 Å². The van der Waals surface area contributed by atoms with Gasteiger partial charge in [-0.05, 0) is 79.1 Å². The van der Waals surface area contributed by atoms with Crippen LogP contribution in [-0.2, 0) is 46.0 Å². The van der Waals surface area contributed by atoms with E-state index >= 15 is 4.39 Å². The van der Waals surface area contributed by atoms with Gasteiger partial charge in [0.2, 0.25) is 10.0 Å². The zero-order chi connectivity index (χ0) is 29.6. The summed E-state index contributed by atoms with van der Waals surface area (Å²) in [6, 6.07) is 14.1. The number of para-hydroxylation sites is 1. The summed E-state index contributed by atoms with van der Waals surface area (Å²) >= 11 is 0. The number of hydrogen-bond donors (Lipinski definition) is 0. The number of benzene rings is 3. The summed E-state index contributed by atoms with van der Waals surface area (Å²) < 4.78 is 57.8. The van der Waals surface area contributed by atoms with Gasteiger partial charge in [-0.3, -0.25) is 4.79 Å². The van der Waals surface area contributed by atoms with Crippen molar-refractivity contribution in [2.75, 3.05) is 13.2 Å². The third-order valence-corrected chi connectivity index (χ3v) is 9.99. The van der Waals surface area contributed by atoms with Crippen molar-refractivity contribution >= 4 is 27.0 Å². The van der Waals surface area contributed by atoms with Crippen LogP contribution in [0.2, 0.25) is 0 Å². The van der Waals surface area contributed by atoms with Gasteiger partial charge in [0.25, 0.3) is 0 Å². The van der Waals surface area contributed by atoms with Gasteiger partial charge in [-0.1, -0.05) is 35.5 Å². The van der Waals surface area contributed by atoms with Crippen LogP contribution in [0.4, 0.5) is 4.39 Å². The molecule has 1 unspecified atom stereocenters. The monoisotopic (exact) mass is 592 g/mol. The second kappa shape index (κ2) is 11.1. The first kappa shape index (κ1) is 28.3. The summed E-state index contributed by atoms with van der Waals surface area (Å²) in [6.45, 7) is 4.11. The molecule has 0 radical (unpaired) electrons. The van der Waals surface area contributed by atoms with Gasteiger partial charge in [-0.2, -0.15) is 4.31 Å². The van der Waals surface area contributed by atoms with Gasteiger partial charge < -0.3 is 9.47 Å². The molecule has 4 aromatic rings. The number of fused-ring (bicyclic) bond motifs is 3. The minimum Gasteiger partial charge on any atom is -0.488 e. The predicted octanol–water partition coefficient (Wildman–Crippen LogP) is 4.65. The highest BCUT2D eigenvalue weighted by Gasteiger charge is 2.35. The van der Waals surface area contributed by atoms with Gasteiger partial charge in [0.15, 0.2) is 5.82 Å². The fraction of sp³-hybridized carbons (Fsp3) is 0.387. The van der Waals surface area contributed by atoms with Crippen LogP contribution in [0.3, 0.4) is 0 Å². The SMILES string of the molecule is CCOC(=O)CC(c1cc2c(c(CN3C[C@@H](C)Oc4ccccc4S3(=O)=O)c1)CCC2)c1ccc2c(nnn2C)c1F. The molecule has 0 saturated heterocycles. The lowest BCUT2D eigenvalue weighted by Gasteiger charge is -2.25. The lowest BCUT2D eigenvalue weighted by atomic mass is 9.85. The number of ether oxygens (including phenoxy) is 2. The van der Waals surface area contributed by atoms with Crippen molar-refractivity contribution in [3.8, 4) is 5.75 Å². The van der Waals surface area contributed by atoms with Crippen molar-refractivity contribution in [1.29, 1.82) is 0 Å². The second-order valence-electron chi connectivity index (χ2n) is 11.0. The van der Waals surface area contributed by atoms with E-state index in [9.17, 15) is 13.2 Å². The van der Waals surface area contributed by atoms with E-state index in [1.165, 1.54) is 8.99 Å². The van der Waals surface area contributed by atoms with Crippen LogP contribution in [0.15, 0.2) is 53.4 Å². The van der Waals surface area contributed by atoms with Crippen LogP contribution in [0, 0.1) is 5.82 Å². The molecule has 3 aromatic carbocycles. The second-order valence-corrected chi connectivity index (χ2v) is 12.9. The summed E-state index contributed by atoms with van der Waals surface area (Å²) in [5, 5.41) is 7.96. The van der Waals surface area contributed by atoms with Gasteiger partial charge in [0, 0.05) is 19.5 Å². The lowest BCUT2D eigenvalue weighted by Crippen LogP contribution is -2.35. The molecule has 220 valence electrons. The van der Waals surface area contributed by atoms with E-state index < -0.39 is 27.7 Å². The highest BCUT2D eigenvalue weighted by atomic mass is 32.2. The Kier molecular flexibility index (Phi) is 7.48. The number of aromatic nitrogens is 3.